The minimum atomic E-state index is 0.529. The van der Waals surface area contributed by atoms with E-state index in [1.807, 2.05) is 6.92 Å². The average Bonchev–Trinajstić information content (AvgIpc) is 2.53. The fraction of sp³-hybridized carbons (Fsp3) is 0.750. The van der Waals surface area contributed by atoms with E-state index in [4.69, 9.17) is 0 Å². The van der Waals surface area contributed by atoms with Gasteiger partial charge in [0.25, 0.3) is 0 Å². The van der Waals surface area contributed by atoms with Gasteiger partial charge in [0.15, 0.2) is 0 Å². The van der Waals surface area contributed by atoms with Crippen molar-refractivity contribution in [1.29, 1.82) is 0 Å². The molecule has 0 amide bonds. The molecule has 1 atom stereocenters. The monoisotopic (exact) mass is 198 g/mol. The molecule has 13 heavy (non-hydrogen) atoms. The highest BCUT2D eigenvalue weighted by atomic mass is 32.1. The standard InChI is InChI=1S/C8H14N4S/c1-6-10-8(13-12-6)11-7-3-2-4-9-5-7/h7,9H,2-5H2,1H3,(H,10,11,12)/t7-/m0/s1. The van der Waals surface area contributed by atoms with Crippen molar-refractivity contribution in [1.82, 2.24) is 14.7 Å². The second-order valence-electron chi connectivity index (χ2n) is 3.33. The van der Waals surface area contributed by atoms with Gasteiger partial charge in [0.2, 0.25) is 5.13 Å². The lowest BCUT2D eigenvalue weighted by molar-refractivity contribution is 0.479. The van der Waals surface area contributed by atoms with E-state index >= 15 is 0 Å². The Hall–Kier alpha value is -0.680. The third-order valence-electron chi connectivity index (χ3n) is 2.15. The van der Waals surface area contributed by atoms with Crippen LogP contribution in [0.3, 0.4) is 0 Å². The first-order chi connectivity index (χ1) is 6.34. The molecule has 72 valence electrons. The van der Waals surface area contributed by atoms with Crippen LogP contribution in [0.15, 0.2) is 0 Å². The Kier molecular flexibility index (Phi) is 2.75. The van der Waals surface area contributed by atoms with Gasteiger partial charge in [-0.1, -0.05) is 0 Å². The molecule has 1 saturated heterocycles. The molecule has 2 heterocycles. The van der Waals surface area contributed by atoms with E-state index in [0.717, 1.165) is 24.0 Å². The maximum absolute atomic E-state index is 4.27. The molecular formula is C8H14N4S. The van der Waals surface area contributed by atoms with E-state index in [-0.39, 0.29) is 0 Å². The van der Waals surface area contributed by atoms with Gasteiger partial charge in [0.05, 0.1) is 0 Å². The maximum Gasteiger partial charge on any atom is 0.202 e. The summed E-state index contributed by atoms with van der Waals surface area (Å²) in [5.74, 6) is 0.858. The normalized spacial score (nSPS) is 23.0. The molecule has 4 nitrogen and oxygen atoms in total. The molecule has 1 aromatic heterocycles. The van der Waals surface area contributed by atoms with Gasteiger partial charge in [-0.25, -0.2) is 4.98 Å². The average molecular weight is 198 g/mol. The van der Waals surface area contributed by atoms with Gasteiger partial charge < -0.3 is 10.6 Å². The van der Waals surface area contributed by atoms with Crippen molar-refractivity contribution in [2.45, 2.75) is 25.8 Å². The number of nitrogens with zero attached hydrogens (tertiary/aromatic N) is 2. The Morgan fingerprint density at radius 3 is 3.15 bits per heavy atom. The topological polar surface area (TPSA) is 49.8 Å². The number of aryl methyl sites for hydroxylation is 1. The molecule has 0 aliphatic carbocycles. The zero-order valence-corrected chi connectivity index (χ0v) is 8.52. The van der Waals surface area contributed by atoms with E-state index in [2.05, 4.69) is 20.0 Å². The van der Waals surface area contributed by atoms with Crippen LogP contribution in [0.2, 0.25) is 0 Å². The van der Waals surface area contributed by atoms with Crippen molar-refractivity contribution in [2.75, 3.05) is 18.4 Å². The van der Waals surface area contributed by atoms with Crippen molar-refractivity contribution < 1.29 is 0 Å². The number of anilines is 1. The van der Waals surface area contributed by atoms with Crippen molar-refractivity contribution in [3.05, 3.63) is 5.82 Å². The minimum Gasteiger partial charge on any atom is -0.356 e. The maximum atomic E-state index is 4.27. The first-order valence-electron chi connectivity index (χ1n) is 4.62. The Balaban J connectivity index is 1.89. The van der Waals surface area contributed by atoms with Gasteiger partial charge in [0, 0.05) is 24.1 Å². The summed E-state index contributed by atoms with van der Waals surface area (Å²) < 4.78 is 4.13. The quantitative estimate of drug-likeness (QED) is 0.744. The fourth-order valence-electron chi connectivity index (χ4n) is 1.51. The van der Waals surface area contributed by atoms with E-state index in [0.29, 0.717) is 6.04 Å². The van der Waals surface area contributed by atoms with Gasteiger partial charge in [-0.05, 0) is 26.3 Å². The predicted octanol–water partition coefficient (Wildman–Crippen LogP) is 1.01. The molecule has 2 N–H and O–H groups in total. The Bertz CT molecular complexity index is 267. The lowest BCUT2D eigenvalue weighted by atomic mass is 10.1. The smallest absolute Gasteiger partial charge is 0.202 e. The van der Waals surface area contributed by atoms with Gasteiger partial charge >= 0.3 is 0 Å². The van der Waals surface area contributed by atoms with Crippen LogP contribution in [0, 0.1) is 6.92 Å². The van der Waals surface area contributed by atoms with Crippen molar-refractivity contribution in [2.24, 2.45) is 0 Å². The highest BCUT2D eigenvalue weighted by Crippen LogP contribution is 2.14. The Morgan fingerprint density at radius 1 is 1.62 bits per heavy atom. The molecular weight excluding hydrogens is 184 g/mol. The van der Waals surface area contributed by atoms with Gasteiger partial charge in [-0.3, -0.25) is 0 Å². The van der Waals surface area contributed by atoms with Crippen LogP contribution in [0.1, 0.15) is 18.7 Å². The first kappa shape index (κ1) is 8.90. The van der Waals surface area contributed by atoms with Crippen LogP contribution < -0.4 is 10.6 Å². The number of aromatic nitrogens is 2. The number of rotatable bonds is 2. The largest absolute Gasteiger partial charge is 0.356 e. The lowest BCUT2D eigenvalue weighted by Crippen LogP contribution is -2.38. The molecule has 0 unspecified atom stereocenters. The summed E-state index contributed by atoms with van der Waals surface area (Å²) in [6.45, 7) is 4.10. The third-order valence-corrected chi connectivity index (χ3v) is 2.89. The first-order valence-corrected chi connectivity index (χ1v) is 5.39. The molecule has 0 spiro atoms. The summed E-state index contributed by atoms with van der Waals surface area (Å²) in [4.78, 5) is 4.27. The molecule has 1 aliphatic heterocycles. The van der Waals surface area contributed by atoms with Crippen molar-refractivity contribution in [3.8, 4) is 0 Å². The van der Waals surface area contributed by atoms with Crippen molar-refractivity contribution >= 4 is 16.7 Å². The Labute approximate surface area is 81.9 Å². The highest BCUT2D eigenvalue weighted by Gasteiger charge is 2.13. The zero-order valence-electron chi connectivity index (χ0n) is 7.71. The molecule has 2 rings (SSSR count). The number of nitrogens with one attached hydrogen (secondary N) is 2. The molecule has 1 aromatic rings. The minimum absolute atomic E-state index is 0.529. The third kappa shape index (κ3) is 2.38. The lowest BCUT2D eigenvalue weighted by Gasteiger charge is -2.23. The van der Waals surface area contributed by atoms with Crippen LogP contribution in [0.25, 0.3) is 0 Å². The summed E-state index contributed by atoms with van der Waals surface area (Å²) in [5, 5.41) is 7.69. The summed E-state index contributed by atoms with van der Waals surface area (Å²) in [7, 11) is 0. The van der Waals surface area contributed by atoms with E-state index in [1.54, 1.807) is 0 Å². The highest BCUT2D eigenvalue weighted by molar-refractivity contribution is 7.09. The SMILES string of the molecule is Cc1nsc(N[C@H]2CCCNC2)n1. The predicted molar refractivity (Wildman–Crippen MR) is 54.2 cm³/mol. The van der Waals surface area contributed by atoms with E-state index in [1.165, 1.54) is 24.4 Å². The van der Waals surface area contributed by atoms with E-state index < -0.39 is 0 Å². The van der Waals surface area contributed by atoms with Gasteiger partial charge in [0.1, 0.15) is 5.82 Å². The fourth-order valence-corrected chi connectivity index (χ4v) is 2.16. The summed E-state index contributed by atoms with van der Waals surface area (Å²) in [6.07, 6.45) is 2.47. The van der Waals surface area contributed by atoms with Crippen LogP contribution in [0.4, 0.5) is 5.13 Å². The van der Waals surface area contributed by atoms with Crippen LogP contribution >= 0.6 is 11.5 Å². The molecule has 0 aromatic carbocycles. The summed E-state index contributed by atoms with van der Waals surface area (Å²) in [5.41, 5.74) is 0. The van der Waals surface area contributed by atoms with Crippen molar-refractivity contribution in [3.63, 3.8) is 0 Å². The zero-order chi connectivity index (χ0) is 9.10. The van der Waals surface area contributed by atoms with Gasteiger partial charge in [-0.2, -0.15) is 4.37 Å². The molecule has 5 heteroatoms. The number of hydrogen-bond donors (Lipinski definition) is 2. The van der Waals surface area contributed by atoms with E-state index in [9.17, 15) is 0 Å². The van der Waals surface area contributed by atoms with Gasteiger partial charge in [-0.15, -0.1) is 0 Å². The van der Waals surface area contributed by atoms with Crippen LogP contribution in [-0.2, 0) is 0 Å². The summed E-state index contributed by atoms with van der Waals surface area (Å²) in [6, 6.07) is 0.529. The number of hydrogen-bond acceptors (Lipinski definition) is 5. The molecule has 1 aliphatic rings. The second-order valence-corrected chi connectivity index (χ2v) is 4.09. The Morgan fingerprint density at radius 2 is 2.54 bits per heavy atom. The second kappa shape index (κ2) is 4.02. The molecule has 0 bridgehead atoms. The molecule has 1 fully saturated rings. The summed E-state index contributed by atoms with van der Waals surface area (Å²) >= 11 is 1.44. The van der Waals surface area contributed by atoms with Crippen LogP contribution in [0.5, 0.6) is 0 Å². The molecule has 0 saturated carbocycles. The molecule has 0 radical (unpaired) electrons. The van der Waals surface area contributed by atoms with Crippen LogP contribution in [-0.4, -0.2) is 28.5 Å². The number of piperidine rings is 1.